The fourth-order valence-corrected chi connectivity index (χ4v) is 4.71. The summed E-state index contributed by atoms with van der Waals surface area (Å²) in [6.07, 6.45) is 1.98. The third kappa shape index (κ3) is 4.52. The molecule has 1 aliphatic heterocycles. The number of nitrogens with one attached hydrogen (secondary N) is 1. The molecule has 1 unspecified atom stereocenters. The fourth-order valence-electron chi connectivity index (χ4n) is 3.45. The molecule has 8 heteroatoms. The van der Waals surface area contributed by atoms with Crippen LogP contribution in [-0.2, 0) is 21.8 Å². The Bertz CT molecular complexity index is 873. The van der Waals surface area contributed by atoms with Gasteiger partial charge in [-0.2, -0.15) is 0 Å². The lowest BCUT2D eigenvalue weighted by atomic mass is 10.1. The summed E-state index contributed by atoms with van der Waals surface area (Å²) >= 11 is 0. The second kappa shape index (κ2) is 8.43. The zero-order valence-electron chi connectivity index (χ0n) is 16.0. The monoisotopic (exact) mass is 393 g/mol. The average Bonchev–Trinajstić information content (AvgIpc) is 3.08. The van der Waals surface area contributed by atoms with E-state index in [4.69, 9.17) is 9.47 Å². The first-order valence-electron chi connectivity index (χ1n) is 8.99. The zero-order chi connectivity index (χ0) is 19.4. The van der Waals surface area contributed by atoms with Crippen LogP contribution in [0.5, 0.6) is 5.75 Å². The minimum atomic E-state index is -3.63. The van der Waals surface area contributed by atoms with Crippen LogP contribution >= 0.6 is 0 Å². The SMILES string of the molecule is COc1ccc(S(=O)(=O)NCC(c2cccn2C)N2CCOCC2)c(C)c1. The molecular formula is C19H27N3O4S. The lowest BCUT2D eigenvalue weighted by Gasteiger charge is -2.35. The predicted octanol–water partition coefficient (Wildman–Crippen LogP) is 1.69. The Morgan fingerprint density at radius 2 is 2.00 bits per heavy atom. The Labute approximate surface area is 160 Å². The van der Waals surface area contributed by atoms with E-state index in [1.807, 2.05) is 29.9 Å². The minimum Gasteiger partial charge on any atom is -0.497 e. The smallest absolute Gasteiger partial charge is 0.240 e. The van der Waals surface area contributed by atoms with Gasteiger partial charge < -0.3 is 14.0 Å². The number of benzene rings is 1. The highest BCUT2D eigenvalue weighted by atomic mass is 32.2. The molecule has 2 heterocycles. The fraction of sp³-hybridized carbons (Fsp3) is 0.474. The van der Waals surface area contributed by atoms with Crippen molar-refractivity contribution in [2.75, 3.05) is 40.0 Å². The summed E-state index contributed by atoms with van der Waals surface area (Å²) in [5.41, 5.74) is 1.73. The summed E-state index contributed by atoms with van der Waals surface area (Å²) in [5.74, 6) is 0.640. The normalized spacial score (nSPS) is 17.0. The Morgan fingerprint density at radius 1 is 1.26 bits per heavy atom. The summed E-state index contributed by atoms with van der Waals surface area (Å²) in [4.78, 5) is 2.54. The Kier molecular flexibility index (Phi) is 6.21. The molecule has 0 amide bonds. The molecule has 0 saturated carbocycles. The first-order valence-corrected chi connectivity index (χ1v) is 10.5. The number of aryl methyl sites for hydroxylation is 2. The molecule has 148 valence electrons. The van der Waals surface area contributed by atoms with Gasteiger partial charge >= 0.3 is 0 Å². The lowest BCUT2D eigenvalue weighted by Crippen LogP contribution is -2.44. The third-order valence-electron chi connectivity index (χ3n) is 4.95. The average molecular weight is 394 g/mol. The summed E-state index contributed by atoms with van der Waals surface area (Å²) in [6.45, 7) is 4.94. The van der Waals surface area contributed by atoms with Crippen LogP contribution in [0, 0.1) is 6.92 Å². The van der Waals surface area contributed by atoms with Crippen molar-refractivity contribution < 1.29 is 17.9 Å². The van der Waals surface area contributed by atoms with Crippen molar-refractivity contribution in [1.82, 2.24) is 14.2 Å². The topological polar surface area (TPSA) is 72.8 Å². The number of ether oxygens (including phenoxy) is 2. The van der Waals surface area contributed by atoms with E-state index in [0.29, 0.717) is 31.1 Å². The second-order valence-electron chi connectivity index (χ2n) is 6.69. The van der Waals surface area contributed by atoms with Crippen LogP contribution in [0.1, 0.15) is 17.3 Å². The molecule has 1 fully saturated rings. The molecular weight excluding hydrogens is 366 g/mol. The van der Waals surface area contributed by atoms with E-state index in [1.165, 1.54) is 0 Å². The lowest BCUT2D eigenvalue weighted by molar-refractivity contribution is 0.0158. The highest BCUT2D eigenvalue weighted by Gasteiger charge is 2.27. The first-order chi connectivity index (χ1) is 12.9. The second-order valence-corrected chi connectivity index (χ2v) is 8.43. The van der Waals surface area contributed by atoms with Gasteiger partial charge in [0.2, 0.25) is 10.0 Å². The Hall–Kier alpha value is -1.87. The van der Waals surface area contributed by atoms with E-state index in [2.05, 4.69) is 9.62 Å². The molecule has 27 heavy (non-hydrogen) atoms. The molecule has 1 N–H and O–H groups in total. The maximum Gasteiger partial charge on any atom is 0.240 e. The van der Waals surface area contributed by atoms with Gasteiger partial charge in [0, 0.05) is 38.6 Å². The van der Waals surface area contributed by atoms with Crippen molar-refractivity contribution in [2.45, 2.75) is 17.9 Å². The highest BCUT2D eigenvalue weighted by molar-refractivity contribution is 7.89. The van der Waals surface area contributed by atoms with Gasteiger partial charge in [0.25, 0.3) is 0 Å². The summed E-state index contributed by atoms with van der Waals surface area (Å²) < 4.78 is 41.2. The van der Waals surface area contributed by atoms with Gasteiger partial charge in [0.05, 0.1) is 31.3 Å². The van der Waals surface area contributed by atoms with Crippen molar-refractivity contribution in [1.29, 1.82) is 0 Å². The van der Waals surface area contributed by atoms with Gasteiger partial charge in [-0.1, -0.05) is 0 Å². The molecule has 0 radical (unpaired) electrons. The largest absolute Gasteiger partial charge is 0.497 e. The number of aromatic nitrogens is 1. The molecule has 3 rings (SSSR count). The number of nitrogens with zero attached hydrogens (tertiary/aromatic N) is 2. The number of morpholine rings is 1. The van der Waals surface area contributed by atoms with Crippen LogP contribution < -0.4 is 9.46 Å². The van der Waals surface area contributed by atoms with Crippen LogP contribution in [0.2, 0.25) is 0 Å². The van der Waals surface area contributed by atoms with E-state index in [0.717, 1.165) is 18.8 Å². The third-order valence-corrected chi connectivity index (χ3v) is 6.53. The van der Waals surface area contributed by atoms with Crippen LogP contribution in [0.25, 0.3) is 0 Å². The summed E-state index contributed by atoms with van der Waals surface area (Å²) in [7, 11) is -0.0858. The number of rotatable bonds is 7. The Balaban J connectivity index is 1.81. The molecule has 0 bridgehead atoms. The van der Waals surface area contributed by atoms with Gasteiger partial charge in [-0.25, -0.2) is 13.1 Å². The van der Waals surface area contributed by atoms with Gasteiger partial charge in [0.1, 0.15) is 5.75 Å². The molecule has 1 atom stereocenters. The predicted molar refractivity (Wildman–Crippen MR) is 103 cm³/mol. The van der Waals surface area contributed by atoms with Crippen molar-refractivity contribution in [3.63, 3.8) is 0 Å². The van der Waals surface area contributed by atoms with Crippen LogP contribution in [-0.4, -0.2) is 57.8 Å². The summed E-state index contributed by atoms with van der Waals surface area (Å²) in [5, 5.41) is 0. The standard InChI is InChI=1S/C19H27N3O4S/c1-15-13-16(25-3)6-7-19(15)27(23,24)20-14-18(17-5-4-8-21(17)2)22-9-11-26-12-10-22/h4-8,13,18,20H,9-12,14H2,1-3H3. The van der Waals surface area contributed by atoms with E-state index in [1.54, 1.807) is 32.2 Å². The van der Waals surface area contributed by atoms with Crippen molar-refractivity contribution in [3.8, 4) is 5.75 Å². The number of hydrogen-bond acceptors (Lipinski definition) is 5. The van der Waals surface area contributed by atoms with E-state index >= 15 is 0 Å². The van der Waals surface area contributed by atoms with Crippen LogP contribution in [0.4, 0.5) is 0 Å². The van der Waals surface area contributed by atoms with E-state index in [9.17, 15) is 8.42 Å². The minimum absolute atomic E-state index is 0.0535. The van der Waals surface area contributed by atoms with Gasteiger partial charge in [0.15, 0.2) is 0 Å². The van der Waals surface area contributed by atoms with E-state index in [-0.39, 0.29) is 10.9 Å². The summed E-state index contributed by atoms with van der Waals surface area (Å²) in [6, 6.07) is 8.94. The number of hydrogen-bond donors (Lipinski definition) is 1. The Morgan fingerprint density at radius 3 is 2.59 bits per heavy atom. The maximum absolute atomic E-state index is 12.9. The molecule has 0 spiro atoms. The van der Waals surface area contributed by atoms with E-state index < -0.39 is 10.0 Å². The molecule has 0 aliphatic carbocycles. The van der Waals surface area contributed by atoms with Gasteiger partial charge in [-0.15, -0.1) is 0 Å². The molecule has 1 aromatic heterocycles. The van der Waals surface area contributed by atoms with Crippen molar-refractivity contribution in [3.05, 3.63) is 47.8 Å². The maximum atomic E-state index is 12.9. The van der Waals surface area contributed by atoms with Crippen LogP contribution in [0.15, 0.2) is 41.4 Å². The quantitative estimate of drug-likeness (QED) is 0.775. The van der Waals surface area contributed by atoms with Crippen LogP contribution in [0.3, 0.4) is 0 Å². The number of sulfonamides is 1. The van der Waals surface area contributed by atoms with Crippen molar-refractivity contribution >= 4 is 10.0 Å². The first kappa shape index (κ1) is 19.9. The van der Waals surface area contributed by atoms with Gasteiger partial charge in [-0.3, -0.25) is 4.90 Å². The van der Waals surface area contributed by atoms with Gasteiger partial charge in [-0.05, 0) is 42.8 Å². The van der Waals surface area contributed by atoms with Crippen molar-refractivity contribution in [2.24, 2.45) is 7.05 Å². The molecule has 1 aliphatic rings. The molecule has 7 nitrogen and oxygen atoms in total. The molecule has 1 saturated heterocycles. The highest BCUT2D eigenvalue weighted by Crippen LogP contribution is 2.24. The zero-order valence-corrected chi connectivity index (χ0v) is 16.8. The molecule has 2 aromatic rings. The molecule has 1 aromatic carbocycles. The number of methoxy groups -OCH3 is 1.